The lowest BCUT2D eigenvalue weighted by molar-refractivity contribution is 0.180. The van der Waals surface area contributed by atoms with Crippen LogP contribution in [0.2, 0.25) is 5.02 Å². The van der Waals surface area contributed by atoms with Crippen LogP contribution in [0.1, 0.15) is 55.5 Å². The molecule has 0 saturated heterocycles. The number of anilines is 1. The van der Waals surface area contributed by atoms with Crippen molar-refractivity contribution >= 4 is 27.6 Å². The minimum atomic E-state index is -3.47. The Bertz CT molecular complexity index is 1420. The summed E-state index contributed by atoms with van der Waals surface area (Å²) >= 11 is 6.58. The molecule has 1 aliphatic rings. The molecule has 0 spiro atoms. The highest BCUT2D eigenvalue weighted by Crippen LogP contribution is 2.39. The molecule has 1 saturated carbocycles. The Morgan fingerprint density at radius 1 is 1.14 bits per heavy atom. The number of ether oxygens (including phenoxy) is 2. The molecule has 2 aromatic carbocycles. The molecule has 1 N–H and O–H groups in total. The zero-order valence-corrected chi connectivity index (χ0v) is 22.6. The van der Waals surface area contributed by atoms with E-state index in [1.807, 2.05) is 36.4 Å². The number of nitrogens with zero attached hydrogens (tertiary/aromatic N) is 3. The van der Waals surface area contributed by atoms with E-state index in [4.69, 9.17) is 21.1 Å². The average molecular weight is 541 g/mol. The highest BCUT2D eigenvalue weighted by Gasteiger charge is 2.27. The number of aromatic nitrogens is 2. The third kappa shape index (κ3) is 6.70. The van der Waals surface area contributed by atoms with Crippen LogP contribution in [0.5, 0.6) is 11.5 Å². The summed E-state index contributed by atoms with van der Waals surface area (Å²) < 4.78 is 36.8. The van der Waals surface area contributed by atoms with Crippen LogP contribution >= 0.6 is 11.6 Å². The van der Waals surface area contributed by atoms with Crippen molar-refractivity contribution < 1.29 is 17.9 Å². The monoisotopic (exact) mass is 540 g/mol. The molecular formula is C27H29ClN4O4S. The van der Waals surface area contributed by atoms with Crippen LogP contribution in [0.4, 0.5) is 5.95 Å². The van der Waals surface area contributed by atoms with Gasteiger partial charge in [-0.05, 0) is 60.2 Å². The maximum absolute atomic E-state index is 11.4. The molecule has 8 nitrogen and oxygen atoms in total. The molecule has 0 bridgehead atoms. The summed E-state index contributed by atoms with van der Waals surface area (Å²) in [5.41, 5.74) is 2.46. The van der Waals surface area contributed by atoms with Crippen LogP contribution in [0.15, 0.2) is 48.7 Å². The first kappa shape index (κ1) is 26.7. The smallest absolute Gasteiger partial charge is 0.236 e. The van der Waals surface area contributed by atoms with Gasteiger partial charge in [0.15, 0.2) is 5.75 Å². The van der Waals surface area contributed by atoms with E-state index >= 15 is 0 Å². The van der Waals surface area contributed by atoms with Crippen LogP contribution in [-0.2, 0) is 22.0 Å². The predicted molar refractivity (Wildman–Crippen MR) is 142 cm³/mol. The molecule has 1 aliphatic carbocycles. The minimum Gasteiger partial charge on any atom is -0.490 e. The molecule has 3 aromatic rings. The zero-order chi connectivity index (χ0) is 26.6. The van der Waals surface area contributed by atoms with Crippen LogP contribution in [0, 0.1) is 17.2 Å². The number of nitriles is 1. The number of benzene rings is 2. The normalized spacial score (nSPS) is 13.9. The van der Waals surface area contributed by atoms with Gasteiger partial charge in [-0.15, -0.1) is 0 Å². The quantitative estimate of drug-likeness (QED) is 0.363. The van der Waals surface area contributed by atoms with Gasteiger partial charge in [0, 0.05) is 11.6 Å². The first-order chi connectivity index (χ1) is 17.5. The highest BCUT2D eigenvalue weighted by atomic mass is 35.5. The number of hydrogen-bond acceptors (Lipinski definition) is 7. The van der Waals surface area contributed by atoms with Crippen molar-refractivity contribution in [2.45, 2.75) is 45.1 Å². The first-order valence-electron chi connectivity index (χ1n) is 11.9. The fourth-order valence-corrected chi connectivity index (χ4v) is 4.73. The number of nitrogens with one attached hydrogen (secondary N) is 1. The van der Waals surface area contributed by atoms with Crippen LogP contribution in [-0.4, -0.2) is 31.2 Å². The number of sulfonamides is 1. The molecule has 37 heavy (non-hydrogen) atoms. The van der Waals surface area contributed by atoms with Crippen molar-refractivity contribution in [1.82, 2.24) is 9.97 Å². The number of hydrogen-bond donors (Lipinski definition) is 1. The summed E-state index contributed by atoms with van der Waals surface area (Å²) in [5.74, 6) is 1.63. The lowest BCUT2D eigenvalue weighted by atomic mass is 9.77. The van der Waals surface area contributed by atoms with Gasteiger partial charge in [0.25, 0.3) is 0 Å². The van der Waals surface area contributed by atoms with Gasteiger partial charge >= 0.3 is 0 Å². The molecule has 4 rings (SSSR count). The van der Waals surface area contributed by atoms with Gasteiger partial charge in [0.2, 0.25) is 16.0 Å². The van der Waals surface area contributed by atoms with E-state index in [0.29, 0.717) is 40.3 Å². The molecule has 194 valence electrons. The Labute approximate surface area is 222 Å². The third-order valence-corrected chi connectivity index (χ3v) is 7.36. The van der Waals surface area contributed by atoms with Crippen LogP contribution < -0.4 is 14.2 Å². The van der Waals surface area contributed by atoms with E-state index in [1.165, 1.54) is 12.6 Å². The van der Waals surface area contributed by atoms with Crippen molar-refractivity contribution in [1.29, 1.82) is 5.26 Å². The lowest BCUT2D eigenvalue weighted by Gasteiger charge is -2.28. The summed E-state index contributed by atoms with van der Waals surface area (Å²) in [4.78, 5) is 8.06. The van der Waals surface area contributed by atoms with Crippen LogP contribution in [0.25, 0.3) is 0 Å². The Hall–Kier alpha value is -3.35. The summed E-state index contributed by atoms with van der Waals surface area (Å²) in [6, 6.07) is 15.3. The second kappa shape index (κ2) is 11.0. The zero-order valence-electron chi connectivity index (χ0n) is 21.0. The molecule has 1 heterocycles. The standard InChI is InChI=1S/C27H29ClN4O4S/c1-27(2,21-13-19(15-29)25(24(28)14-21)36-16-18-5-4-6-18)20-7-9-23(10-8-20)35-17-22-11-12-30-26(31-22)32-37(3,33)34/h7-14,18H,4-6,16-17H2,1-3H3,(H,30,31,32). The van der Waals surface area contributed by atoms with Gasteiger partial charge in [-0.3, -0.25) is 4.72 Å². The van der Waals surface area contributed by atoms with Gasteiger partial charge in [-0.2, -0.15) is 5.26 Å². The largest absolute Gasteiger partial charge is 0.490 e. The predicted octanol–water partition coefficient (Wildman–Crippen LogP) is 5.46. The van der Waals surface area contributed by atoms with Crippen LogP contribution in [0.3, 0.4) is 0 Å². The van der Waals surface area contributed by atoms with Crippen molar-refractivity contribution in [3.05, 3.63) is 76.1 Å². The van der Waals surface area contributed by atoms with Gasteiger partial charge in [-0.25, -0.2) is 18.4 Å². The second-order valence-electron chi connectivity index (χ2n) is 9.74. The fraction of sp³-hybridized carbons (Fsp3) is 0.370. The highest BCUT2D eigenvalue weighted by molar-refractivity contribution is 7.91. The van der Waals surface area contributed by atoms with Gasteiger partial charge in [-0.1, -0.05) is 44.0 Å². The first-order valence-corrected chi connectivity index (χ1v) is 14.2. The van der Waals surface area contributed by atoms with E-state index in [1.54, 1.807) is 6.07 Å². The molecular weight excluding hydrogens is 512 g/mol. The molecule has 1 aromatic heterocycles. The number of halogens is 1. The molecule has 10 heteroatoms. The maximum Gasteiger partial charge on any atom is 0.236 e. The third-order valence-electron chi connectivity index (χ3n) is 6.53. The Morgan fingerprint density at radius 3 is 2.49 bits per heavy atom. The summed E-state index contributed by atoms with van der Waals surface area (Å²) in [5, 5.41) is 10.2. The maximum atomic E-state index is 11.4. The van der Waals surface area contributed by atoms with Crippen molar-refractivity contribution in [3.63, 3.8) is 0 Å². The topological polar surface area (TPSA) is 114 Å². The molecule has 0 unspecified atom stereocenters. The molecule has 0 atom stereocenters. The van der Waals surface area contributed by atoms with Gasteiger partial charge in [0.1, 0.15) is 18.4 Å². The van der Waals surface area contributed by atoms with E-state index in [-0.39, 0.29) is 12.6 Å². The van der Waals surface area contributed by atoms with Crippen molar-refractivity contribution in [2.24, 2.45) is 5.92 Å². The molecule has 0 aliphatic heterocycles. The second-order valence-corrected chi connectivity index (χ2v) is 11.9. The lowest BCUT2D eigenvalue weighted by Crippen LogP contribution is -2.21. The molecule has 0 amide bonds. The van der Waals surface area contributed by atoms with Gasteiger partial charge in [0.05, 0.1) is 29.1 Å². The molecule has 1 fully saturated rings. The summed E-state index contributed by atoms with van der Waals surface area (Å²) in [6.45, 7) is 4.87. The van der Waals surface area contributed by atoms with E-state index in [9.17, 15) is 13.7 Å². The van der Waals surface area contributed by atoms with Crippen molar-refractivity contribution in [2.75, 3.05) is 17.6 Å². The average Bonchev–Trinajstić information content (AvgIpc) is 2.81. The summed E-state index contributed by atoms with van der Waals surface area (Å²) in [7, 11) is -3.47. The van der Waals surface area contributed by atoms with Crippen molar-refractivity contribution in [3.8, 4) is 17.6 Å². The number of rotatable bonds is 10. The SMILES string of the molecule is CC(C)(c1ccc(OCc2ccnc(NS(C)(=O)=O)n2)cc1)c1cc(Cl)c(OCC2CCC2)c(C#N)c1. The Morgan fingerprint density at radius 2 is 1.86 bits per heavy atom. The van der Waals surface area contributed by atoms with Gasteiger partial charge < -0.3 is 9.47 Å². The molecule has 0 radical (unpaired) electrons. The Balaban J connectivity index is 1.46. The van der Waals surface area contributed by atoms with E-state index < -0.39 is 15.4 Å². The van der Waals surface area contributed by atoms with E-state index in [0.717, 1.165) is 30.2 Å². The van der Waals surface area contributed by atoms with E-state index in [2.05, 4.69) is 34.6 Å². The summed E-state index contributed by atoms with van der Waals surface area (Å²) in [6.07, 6.45) is 6.05. The fourth-order valence-electron chi connectivity index (χ4n) is 4.03. The Kier molecular flexibility index (Phi) is 7.90. The minimum absolute atomic E-state index is 0.00412.